The van der Waals surface area contributed by atoms with E-state index in [0.717, 1.165) is 17.0 Å². The monoisotopic (exact) mass is 280 g/mol. The Kier molecular flexibility index (Phi) is 6.38. The first-order valence-corrected chi connectivity index (χ1v) is 7.71. The Labute approximate surface area is 120 Å². The van der Waals surface area contributed by atoms with Crippen LogP contribution in [0.25, 0.3) is 0 Å². The van der Waals surface area contributed by atoms with Gasteiger partial charge in [-0.25, -0.2) is 0 Å². The van der Waals surface area contributed by atoms with E-state index in [-0.39, 0.29) is 11.8 Å². The number of hydrogen-bond donors (Lipinski definition) is 2. The standard InChI is InChI=1S/C15H24N2OS/c1-10(2)19-9-13-6-5-7-14(12(13)4)17-15(18)11(3)8-16/h5-7,10-11H,8-9,16H2,1-4H3,(H,17,18). The molecule has 1 rings (SSSR count). The minimum Gasteiger partial charge on any atom is -0.330 e. The molecule has 1 amide bonds. The van der Waals surface area contributed by atoms with Gasteiger partial charge in [0.1, 0.15) is 0 Å². The lowest BCUT2D eigenvalue weighted by molar-refractivity contribution is -0.119. The second-order valence-corrected chi connectivity index (χ2v) is 6.64. The van der Waals surface area contributed by atoms with Crippen LogP contribution in [0.15, 0.2) is 18.2 Å². The summed E-state index contributed by atoms with van der Waals surface area (Å²) in [5.74, 6) is 0.798. The third kappa shape index (κ3) is 4.88. The predicted molar refractivity (Wildman–Crippen MR) is 84.5 cm³/mol. The first-order chi connectivity index (χ1) is 8.95. The van der Waals surface area contributed by atoms with E-state index in [1.165, 1.54) is 5.56 Å². The molecule has 0 spiro atoms. The number of carbonyl (C=O) groups excluding carboxylic acids is 1. The summed E-state index contributed by atoms with van der Waals surface area (Å²) in [5, 5.41) is 3.57. The highest BCUT2D eigenvalue weighted by Crippen LogP contribution is 2.25. The van der Waals surface area contributed by atoms with E-state index in [2.05, 4.69) is 32.2 Å². The van der Waals surface area contributed by atoms with E-state index in [4.69, 9.17) is 5.73 Å². The van der Waals surface area contributed by atoms with Crippen molar-refractivity contribution in [2.45, 2.75) is 38.7 Å². The van der Waals surface area contributed by atoms with Gasteiger partial charge in [-0.2, -0.15) is 11.8 Å². The quantitative estimate of drug-likeness (QED) is 0.841. The molecule has 0 aliphatic rings. The summed E-state index contributed by atoms with van der Waals surface area (Å²) in [6.07, 6.45) is 0. The molecule has 19 heavy (non-hydrogen) atoms. The van der Waals surface area contributed by atoms with Crippen molar-refractivity contribution in [3.05, 3.63) is 29.3 Å². The van der Waals surface area contributed by atoms with Gasteiger partial charge in [0.25, 0.3) is 0 Å². The average molecular weight is 280 g/mol. The lowest BCUT2D eigenvalue weighted by Gasteiger charge is -2.15. The van der Waals surface area contributed by atoms with Crippen molar-refractivity contribution in [2.75, 3.05) is 11.9 Å². The Balaban J connectivity index is 2.79. The van der Waals surface area contributed by atoms with E-state index in [9.17, 15) is 4.79 Å². The predicted octanol–water partition coefficient (Wildman–Crippen LogP) is 3.17. The minimum atomic E-state index is -0.159. The van der Waals surface area contributed by atoms with Gasteiger partial charge in [-0.1, -0.05) is 32.9 Å². The van der Waals surface area contributed by atoms with Gasteiger partial charge >= 0.3 is 0 Å². The molecule has 0 fully saturated rings. The molecule has 0 saturated heterocycles. The Morgan fingerprint density at radius 2 is 2.05 bits per heavy atom. The zero-order chi connectivity index (χ0) is 14.4. The first kappa shape index (κ1) is 16.1. The van der Waals surface area contributed by atoms with Crippen molar-refractivity contribution >= 4 is 23.4 Å². The summed E-state index contributed by atoms with van der Waals surface area (Å²) in [6.45, 7) is 8.64. The summed E-state index contributed by atoms with van der Waals surface area (Å²) < 4.78 is 0. The summed E-state index contributed by atoms with van der Waals surface area (Å²) in [6, 6.07) is 6.05. The number of thioether (sulfide) groups is 1. The third-order valence-corrected chi connectivity index (χ3v) is 4.22. The van der Waals surface area contributed by atoms with Gasteiger partial charge in [0.15, 0.2) is 0 Å². The van der Waals surface area contributed by atoms with Crippen LogP contribution in [0, 0.1) is 12.8 Å². The largest absolute Gasteiger partial charge is 0.330 e. The van der Waals surface area contributed by atoms with Crippen LogP contribution in [-0.2, 0) is 10.5 Å². The molecule has 3 N–H and O–H groups in total. The van der Waals surface area contributed by atoms with Crippen molar-refractivity contribution < 1.29 is 4.79 Å². The fraction of sp³-hybridized carbons (Fsp3) is 0.533. The molecular weight excluding hydrogens is 256 g/mol. The second-order valence-electron chi connectivity index (χ2n) is 5.08. The summed E-state index contributed by atoms with van der Waals surface area (Å²) in [4.78, 5) is 11.9. The van der Waals surface area contributed by atoms with E-state index in [1.807, 2.05) is 30.8 Å². The Bertz CT molecular complexity index is 432. The summed E-state index contributed by atoms with van der Waals surface area (Å²) in [5.41, 5.74) is 8.83. The molecule has 1 aromatic rings. The average Bonchev–Trinajstić information content (AvgIpc) is 2.38. The van der Waals surface area contributed by atoms with Crippen LogP contribution < -0.4 is 11.1 Å². The molecule has 1 aromatic carbocycles. The fourth-order valence-electron chi connectivity index (χ4n) is 1.59. The van der Waals surface area contributed by atoms with Gasteiger partial charge in [-0.15, -0.1) is 0 Å². The van der Waals surface area contributed by atoms with Crippen molar-refractivity contribution in [3.63, 3.8) is 0 Å². The second kappa shape index (κ2) is 7.56. The molecule has 1 atom stereocenters. The van der Waals surface area contributed by atoms with Crippen LogP contribution in [0.3, 0.4) is 0 Å². The minimum absolute atomic E-state index is 0.0146. The molecule has 0 heterocycles. The van der Waals surface area contributed by atoms with Crippen LogP contribution in [0.2, 0.25) is 0 Å². The van der Waals surface area contributed by atoms with Crippen molar-refractivity contribution in [3.8, 4) is 0 Å². The number of nitrogens with one attached hydrogen (secondary N) is 1. The maximum Gasteiger partial charge on any atom is 0.228 e. The Morgan fingerprint density at radius 1 is 1.37 bits per heavy atom. The molecule has 1 unspecified atom stereocenters. The SMILES string of the molecule is Cc1c(CSC(C)C)cccc1NC(=O)C(C)CN. The molecular formula is C15H24N2OS. The van der Waals surface area contributed by atoms with E-state index < -0.39 is 0 Å². The van der Waals surface area contributed by atoms with Crippen molar-refractivity contribution in [1.29, 1.82) is 0 Å². The molecule has 106 valence electrons. The number of nitrogens with two attached hydrogens (primary N) is 1. The molecule has 4 heteroatoms. The molecule has 0 radical (unpaired) electrons. The first-order valence-electron chi connectivity index (χ1n) is 6.66. The maximum absolute atomic E-state index is 11.9. The third-order valence-electron chi connectivity index (χ3n) is 3.08. The van der Waals surface area contributed by atoms with Crippen molar-refractivity contribution in [1.82, 2.24) is 0 Å². The van der Waals surface area contributed by atoms with Crippen LogP contribution in [-0.4, -0.2) is 17.7 Å². The zero-order valence-electron chi connectivity index (χ0n) is 12.2. The number of carbonyl (C=O) groups is 1. The van der Waals surface area contributed by atoms with E-state index in [1.54, 1.807) is 0 Å². The fourth-order valence-corrected chi connectivity index (χ4v) is 2.42. The lowest BCUT2D eigenvalue weighted by Crippen LogP contribution is -2.27. The number of rotatable bonds is 6. The molecule has 0 saturated carbocycles. The molecule has 0 aliphatic carbocycles. The molecule has 0 bridgehead atoms. The van der Waals surface area contributed by atoms with Crippen LogP contribution in [0.5, 0.6) is 0 Å². The van der Waals surface area contributed by atoms with Gasteiger partial charge < -0.3 is 11.1 Å². The summed E-state index contributed by atoms with van der Waals surface area (Å²) >= 11 is 1.90. The van der Waals surface area contributed by atoms with Gasteiger partial charge in [-0.05, 0) is 29.4 Å². The van der Waals surface area contributed by atoms with Gasteiger partial charge in [0, 0.05) is 23.9 Å². The highest BCUT2D eigenvalue weighted by Gasteiger charge is 2.13. The normalized spacial score (nSPS) is 12.5. The number of hydrogen-bond acceptors (Lipinski definition) is 3. The molecule has 3 nitrogen and oxygen atoms in total. The maximum atomic E-state index is 11.9. The van der Waals surface area contributed by atoms with E-state index >= 15 is 0 Å². The van der Waals surface area contributed by atoms with Crippen molar-refractivity contribution in [2.24, 2.45) is 11.7 Å². The number of benzene rings is 1. The zero-order valence-corrected chi connectivity index (χ0v) is 13.0. The summed E-state index contributed by atoms with van der Waals surface area (Å²) in [7, 11) is 0. The topological polar surface area (TPSA) is 55.1 Å². The van der Waals surface area contributed by atoms with E-state index in [0.29, 0.717) is 11.8 Å². The molecule has 0 aromatic heterocycles. The highest BCUT2D eigenvalue weighted by molar-refractivity contribution is 7.99. The number of amides is 1. The van der Waals surface area contributed by atoms with Gasteiger partial charge in [0.2, 0.25) is 5.91 Å². The van der Waals surface area contributed by atoms with Crippen LogP contribution in [0.1, 0.15) is 31.9 Å². The smallest absolute Gasteiger partial charge is 0.228 e. The molecule has 0 aliphatic heterocycles. The van der Waals surface area contributed by atoms with Gasteiger partial charge in [0.05, 0.1) is 0 Å². The number of anilines is 1. The van der Waals surface area contributed by atoms with Crippen LogP contribution in [0.4, 0.5) is 5.69 Å². The van der Waals surface area contributed by atoms with Crippen LogP contribution >= 0.6 is 11.8 Å². The Hall–Kier alpha value is -1.00. The Morgan fingerprint density at radius 3 is 2.63 bits per heavy atom. The highest BCUT2D eigenvalue weighted by atomic mass is 32.2. The van der Waals surface area contributed by atoms with Gasteiger partial charge in [-0.3, -0.25) is 4.79 Å². The lowest BCUT2D eigenvalue weighted by atomic mass is 10.1.